The molecule has 4 nitrogen and oxygen atoms in total. The monoisotopic (exact) mass is 367 g/mol. The predicted octanol–water partition coefficient (Wildman–Crippen LogP) is 4.18. The molecule has 0 fully saturated rings. The van der Waals surface area contributed by atoms with Crippen LogP contribution in [-0.2, 0) is 6.42 Å². The normalized spacial score (nSPS) is 10.3. The summed E-state index contributed by atoms with van der Waals surface area (Å²) in [5.41, 5.74) is 0.540. The first-order valence-electron chi connectivity index (χ1n) is 8.53. The van der Waals surface area contributed by atoms with Gasteiger partial charge in [0.15, 0.2) is 0 Å². The summed E-state index contributed by atoms with van der Waals surface area (Å²) in [4.78, 5) is 13.7. The molecule has 0 radical (unpaired) electrons. The van der Waals surface area contributed by atoms with Gasteiger partial charge in [-0.3, -0.25) is 4.79 Å². The first-order valence-corrected chi connectivity index (χ1v) is 9.41. The number of hydrogen-bond acceptors (Lipinski definition) is 4. The molecule has 1 aromatic heterocycles. The summed E-state index contributed by atoms with van der Waals surface area (Å²) in [5.74, 6) is 1.25. The number of rotatable bonds is 9. The van der Waals surface area contributed by atoms with Gasteiger partial charge in [-0.25, -0.2) is 0 Å². The third-order valence-corrected chi connectivity index (χ3v) is 4.66. The van der Waals surface area contributed by atoms with Crippen LogP contribution in [0.3, 0.4) is 0 Å². The van der Waals surface area contributed by atoms with Crippen molar-refractivity contribution >= 4 is 17.2 Å². The molecule has 0 unspecified atom stereocenters. The van der Waals surface area contributed by atoms with E-state index in [9.17, 15) is 4.79 Å². The third kappa shape index (κ3) is 5.36. The molecule has 0 atom stereocenters. The summed E-state index contributed by atoms with van der Waals surface area (Å²) in [6, 6.07) is 20.9. The van der Waals surface area contributed by atoms with E-state index in [-0.39, 0.29) is 5.91 Å². The topological polar surface area (TPSA) is 47.6 Å². The molecule has 0 aliphatic carbocycles. The van der Waals surface area contributed by atoms with Crippen molar-refractivity contribution in [1.82, 2.24) is 5.32 Å². The van der Waals surface area contributed by atoms with E-state index in [1.54, 1.807) is 23.5 Å². The van der Waals surface area contributed by atoms with Crippen molar-refractivity contribution < 1.29 is 14.3 Å². The second kappa shape index (κ2) is 9.63. The van der Waals surface area contributed by atoms with E-state index in [0.29, 0.717) is 31.1 Å². The fraction of sp³-hybridized carbons (Fsp3) is 0.190. The van der Waals surface area contributed by atoms with Gasteiger partial charge in [0.1, 0.15) is 24.7 Å². The number of amides is 1. The quantitative estimate of drug-likeness (QED) is 0.577. The number of hydrogen-bond donors (Lipinski definition) is 1. The van der Waals surface area contributed by atoms with Crippen molar-refractivity contribution in [2.45, 2.75) is 6.42 Å². The SMILES string of the molecule is O=C(NCCc1cccs1)c1ccccc1OCCOc1ccccc1. The van der Waals surface area contributed by atoms with E-state index in [4.69, 9.17) is 9.47 Å². The van der Waals surface area contributed by atoms with Crippen molar-refractivity contribution in [3.63, 3.8) is 0 Å². The Hall–Kier alpha value is -2.79. The van der Waals surface area contributed by atoms with Crippen LogP contribution in [0.15, 0.2) is 72.1 Å². The molecule has 26 heavy (non-hydrogen) atoms. The van der Waals surface area contributed by atoms with Gasteiger partial charge < -0.3 is 14.8 Å². The number of thiophene rings is 1. The highest BCUT2D eigenvalue weighted by Crippen LogP contribution is 2.18. The molecule has 0 aliphatic rings. The molecule has 1 heterocycles. The van der Waals surface area contributed by atoms with E-state index in [0.717, 1.165) is 12.2 Å². The first kappa shape index (κ1) is 18.0. The summed E-state index contributed by atoms with van der Waals surface area (Å²) in [6.45, 7) is 1.39. The molecule has 0 aliphatic heterocycles. The molecule has 0 bridgehead atoms. The highest BCUT2D eigenvalue weighted by Gasteiger charge is 2.11. The van der Waals surface area contributed by atoms with E-state index < -0.39 is 0 Å². The van der Waals surface area contributed by atoms with Crippen LogP contribution in [-0.4, -0.2) is 25.7 Å². The van der Waals surface area contributed by atoms with Gasteiger partial charge in [0, 0.05) is 11.4 Å². The van der Waals surface area contributed by atoms with Crippen LogP contribution in [0.2, 0.25) is 0 Å². The van der Waals surface area contributed by atoms with Crippen molar-refractivity contribution in [2.75, 3.05) is 19.8 Å². The van der Waals surface area contributed by atoms with E-state index in [2.05, 4.69) is 11.4 Å². The summed E-state index contributed by atoms with van der Waals surface area (Å²) in [7, 11) is 0. The van der Waals surface area contributed by atoms with Gasteiger partial charge in [-0.1, -0.05) is 36.4 Å². The molecule has 1 N–H and O–H groups in total. The molecule has 1 amide bonds. The molecule has 0 saturated heterocycles. The average Bonchev–Trinajstić information content (AvgIpc) is 3.20. The molecular formula is C21H21NO3S. The Balaban J connectivity index is 1.48. The van der Waals surface area contributed by atoms with Crippen LogP contribution in [0.25, 0.3) is 0 Å². The largest absolute Gasteiger partial charge is 0.490 e. The molecule has 134 valence electrons. The maximum atomic E-state index is 12.4. The molecule has 0 saturated carbocycles. The van der Waals surface area contributed by atoms with Crippen LogP contribution < -0.4 is 14.8 Å². The van der Waals surface area contributed by atoms with Crippen LogP contribution >= 0.6 is 11.3 Å². The minimum atomic E-state index is -0.124. The number of carbonyl (C=O) groups is 1. The van der Waals surface area contributed by atoms with Gasteiger partial charge in [-0.05, 0) is 42.1 Å². The summed E-state index contributed by atoms with van der Waals surface area (Å²) >= 11 is 1.70. The lowest BCUT2D eigenvalue weighted by atomic mass is 10.2. The lowest BCUT2D eigenvalue weighted by Gasteiger charge is -2.12. The Kier molecular flexibility index (Phi) is 6.67. The average molecular weight is 367 g/mol. The first-order chi connectivity index (χ1) is 12.8. The minimum absolute atomic E-state index is 0.124. The summed E-state index contributed by atoms with van der Waals surface area (Å²) < 4.78 is 11.4. The zero-order valence-electron chi connectivity index (χ0n) is 14.4. The highest BCUT2D eigenvalue weighted by molar-refractivity contribution is 7.09. The van der Waals surface area contributed by atoms with Crippen molar-refractivity contribution in [3.8, 4) is 11.5 Å². The number of carbonyl (C=O) groups excluding carboxylic acids is 1. The number of benzene rings is 2. The minimum Gasteiger partial charge on any atom is -0.490 e. The predicted molar refractivity (Wildman–Crippen MR) is 104 cm³/mol. The van der Waals surface area contributed by atoms with Crippen LogP contribution in [0.5, 0.6) is 11.5 Å². The number of ether oxygens (including phenoxy) is 2. The van der Waals surface area contributed by atoms with Crippen molar-refractivity contribution in [3.05, 3.63) is 82.6 Å². The molecular weight excluding hydrogens is 346 g/mol. The van der Waals surface area contributed by atoms with Gasteiger partial charge in [-0.15, -0.1) is 11.3 Å². The fourth-order valence-electron chi connectivity index (χ4n) is 2.46. The standard InChI is InChI=1S/C21H21NO3S/c23-21(22-13-12-18-9-6-16-26-18)19-10-4-5-11-20(19)25-15-14-24-17-7-2-1-3-8-17/h1-11,16H,12-15H2,(H,22,23). The Morgan fingerprint density at radius 3 is 2.46 bits per heavy atom. The fourth-order valence-corrected chi connectivity index (χ4v) is 3.17. The van der Waals surface area contributed by atoms with E-state index in [1.807, 2.05) is 53.9 Å². The Morgan fingerprint density at radius 1 is 0.885 bits per heavy atom. The Bertz CT molecular complexity index is 803. The second-order valence-corrected chi connectivity index (χ2v) is 6.62. The number of nitrogens with one attached hydrogen (secondary N) is 1. The smallest absolute Gasteiger partial charge is 0.255 e. The second-order valence-electron chi connectivity index (χ2n) is 5.59. The molecule has 3 rings (SSSR count). The molecule has 5 heteroatoms. The highest BCUT2D eigenvalue weighted by atomic mass is 32.1. The van der Waals surface area contributed by atoms with E-state index in [1.165, 1.54) is 4.88 Å². The summed E-state index contributed by atoms with van der Waals surface area (Å²) in [5, 5.41) is 4.99. The van der Waals surface area contributed by atoms with Crippen molar-refractivity contribution in [1.29, 1.82) is 0 Å². The maximum absolute atomic E-state index is 12.4. The molecule has 0 spiro atoms. The third-order valence-electron chi connectivity index (χ3n) is 3.72. The Morgan fingerprint density at radius 2 is 1.65 bits per heavy atom. The maximum Gasteiger partial charge on any atom is 0.255 e. The zero-order valence-corrected chi connectivity index (χ0v) is 15.2. The lowest BCUT2D eigenvalue weighted by Crippen LogP contribution is -2.26. The van der Waals surface area contributed by atoms with Crippen LogP contribution in [0.1, 0.15) is 15.2 Å². The number of para-hydroxylation sites is 2. The van der Waals surface area contributed by atoms with Gasteiger partial charge in [0.05, 0.1) is 5.56 Å². The van der Waals surface area contributed by atoms with Crippen molar-refractivity contribution in [2.24, 2.45) is 0 Å². The van der Waals surface area contributed by atoms with Gasteiger partial charge in [-0.2, -0.15) is 0 Å². The molecule has 2 aromatic carbocycles. The van der Waals surface area contributed by atoms with Gasteiger partial charge >= 0.3 is 0 Å². The van der Waals surface area contributed by atoms with Gasteiger partial charge in [0.25, 0.3) is 5.91 Å². The van der Waals surface area contributed by atoms with Gasteiger partial charge in [0.2, 0.25) is 0 Å². The van der Waals surface area contributed by atoms with Crippen LogP contribution in [0.4, 0.5) is 0 Å². The zero-order chi connectivity index (χ0) is 18.0. The van der Waals surface area contributed by atoms with Crippen LogP contribution in [0, 0.1) is 0 Å². The molecule has 3 aromatic rings. The van der Waals surface area contributed by atoms with E-state index >= 15 is 0 Å². The summed E-state index contributed by atoms with van der Waals surface area (Å²) in [6.07, 6.45) is 0.831. The lowest BCUT2D eigenvalue weighted by molar-refractivity contribution is 0.0949. The Labute approximate surface area is 157 Å².